The molecule has 1 aromatic heterocycles. The van der Waals surface area contributed by atoms with Gasteiger partial charge in [0.15, 0.2) is 0 Å². The number of rotatable bonds is 3. The largest absolute Gasteiger partial charge is 0.437 e. The highest BCUT2D eigenvalue weighted by Crippen LogP contribution is 2.32. The SMILES string of the molecule is CSc1cnnc(Oc2cccc(C(F)(F)F)c2)c1. The van der Waals surface area contributed by atoms with Gasteiger partial charge in [0.05, 0.1) is 11.8 Å². The van der Waals surface area contributed by atoms with Gasteiger partial charge in [-0.1, -0.05) is 6.07 Å². The number of hydrogen-bond donors (Lipinski definition) is 0. The van der Waals surface area contributed by atoms with E-state index >= 15 is 0 Å². The topological polar surface area (TPSA) is 35.0 Å². The minimum Gasteiger partial charge on any atom is -0.437 e. The molecule has 0 aliphatic carbocycles. The summed E-state index contributed by atoms with van der Waals surface area (Å²) in [5, 5.41) is 7.41. The van der Waals surface area contributed by atoms with Crippen LogP contribution in [0.3, 0.4) is 0 Å². The lowest BCUT2D eigenvalue weighted by atomic mass is 10.2. The summed E-state index contributed by atoms with van der Waals surface area (Å²) in [7, 11) is 0. The maximum atomic E-state index is 12.5. The van der Waals surface area contributed by atoms with Crippen LogP contribution >= 0.6 is 11.8 Å². The fourth-order valence-electron chi connectivity index (χ4n) is 1.35. The van der Waals surface area contributed by atoms with Crippen LogP contribution in [0.25, 0.3) is 0 Å². The van der Waals surface area contributed by atoms with Crippen LogP contribution in [0.2, 0.25) is 0 Å². The smallest absolute Gasteiger partial charge is 0.416 e. The zero-order valence-corrected chi connectivity index (χ0v) is 10.6. The molecule has 1 aromatic carbocycles. The molecule has 0 atom stereocenters. The molecule has 0 amide bonds. The van der Waals surface area contributed by atoms with Gasteiger partial charge < -0.3 is 4.74 Å². The Morgan fingerprint density at radius 2 is 2.00 bits per heavy atom. The Kier molecular flexibility index (Phi) is 3.94. The van der Waals surface area contributed by atoms with Gasteiger partial charge in [-0.05, 0) is 24.5 Å². The van der Waals surface area contributed by atoms with E-state index in [0.717, 1.165) is 17.0 Å². The van der Waals surface area contributed by atoms with Crippen LogP contribution in [0.4, 0.5) is 13.2 Å². The van der Waals surface area contributed by atoms with Gasteiger partial charge in [0.2, 0.25) is 5.88 Å². The first-order chi connectivity index (χ1) is 8.99. The second kappa shape index (κ2) is 5.48. The predicted octanol–water partition coefficient (Wildman–Crippen LogP) is 4.01. The van der Waals surface area contributed by atoms with Crippen molar-refractivity contribution in [1.29, 1.82) is 0 Å². The molecule has 2 aromatic rings. The molecule has 0 saturated heterocycles. The summed E-state index contributed by atoms with van der Waals surface area (Å²) in [5.41, 5.74) is -0.765. The van der Waals surface area contributed by atoms with Crippen LogP contribution < -0.4 is 4.74 Å². The first kappa shape index (κ1) is 13.7. The Morgan fingerprint density at radius 1 is 1.21 bits per heavy atom. The highest BCUT2D eigenvalue weighted by Gasteiger charge is 2.30. The number of thioether (sulfide) groups is 1. The van der Waals surface area contributed by atoms with Crippen molar-refractivity contribution >= 4 is 11.8 Å². The van der Waals surface area contributed by atoms with Gasteiger partial charge in [0, 0.05) is 11.0 Å². The fourth-order valence-corrected chi connectivity index (χ4v) is 1.72. The molecule has 0 saturated carbocycles. The van der Waals surface area contributed by atoms with E-state index in [2.05, 4.69) is 10.2 Å². The normalized spacial score (nSPS) is 11.4. The summed E-state index contributed by atoms with van der Waals surface area (Å²) in [6.45, 7) is 0. The molecule has 3 nitrogen and oxygen atoms in total. The lowest BCUT2D eigenvalue weighted by Crippen LogP contribution is -2.04. The lowest BCUT2D eigenvalue weighted by molar-refractivity contribution is -0.137. The van der Waals surface area contributed by atoms with Crippen LogP contribution in [-0.4, -0.2) is 16.5 Å². The minimum atomic E-state index is -4.40. The third-order valence-corrected chi connectivity index (χ3v) is 2.92. The molecule has 100 valence electrons. The average molecular weight is 286 g/mol. The van der Waals surface area contributed by atoms with E-state index in [1.807, 2.05) is 6.26 Å². The Bertz CT molecular complexity index is 575. The van der Waals surface area contributed by atoms with Crippen molar-refractivity contribution in [1.82, 2.24) is 10.2 Å². The van der Waals surface area contributed by atoms with E-state index in [4.69, 9.17) is 4.74 Å². The number of benzene rings is 1. The second-order valence-electron chi connectivity index (χ2n) is 3.56. The van der Waals surface area contributed by atoms with Crippen molar-refractivity contribution in [3.63, 3.8) is 0 Å². The monoisotopic (exact) mass is 286 g/mol. The Balaban J connectivity index is 2.23. The molecule has 0 aliphatic rings. The molecule has 0 N–H and O–H groups in total. The van der Waals surface area contributed by atoms with Crippen molar-refractivity contribution < 1.29 is 17.9 Å². The van der Waals surface area contributed by atoms with E-state index < -0.39 is 11.7 Å². The molecular weight excluding hydrogens is 277 g/mol. The highest BCUT2D eigenvalue weighted by molar-refractivity contribution is 7.98. The highest BCUT2D eigenvalue weighted by atomic mass is 32.2. The summed E-state index contributed by atoms with van der Waals surface area (Å²) in [6, 6.07) is 6.23. The van der Waals surface area contributed by atoms with Crippen LogP contribution in [0.15, 0.2) is 41.4 Å². The van der Waals surface area contributed by atoms with Crippen molar-refractivity contribution in [2.45, 2.75) is 11.1 Å². The molecule has 1 heterocycles. The van der Waals surface area contributed by atoms with Gasteiger partial charge in [-0.3, -0.25) is 0 Å². The van der Waals surface area contributed by atoms with Crippen molar-refractivity contribution in [2.24, 2.45) is 0 Å². The van der Waals surface area contributed by atoms with Gasteiger partial charge in [-0.15, -0.1) is 16.9 Å². The molecule has 0 bridgehead atoms. The average Bonchev–Trinajstić information content (AvgIpc) is 2.38. The van der Waals surface area contributed by atoms with Crippen molar-refractivity contribution in [3.8, 4) is 11.6 Å². The maximum absolute atomic E-state index is 12.5. The molecule has 7 heteroatoms. The fraction of sp³-hybridized carbons (Fsp3) is 0.167. The van der Waals surface area contributed by atoms with E-state index in [-0.39, 0.29) is 11.6 Å². The van der Waals surface area contributed by atoms with Gasteiger partial charge in [0.25, 0.3) is 0 Å². The number of halogens is 3. The number of aromatic nitrogens is 2. The Hall–Kier alpha value is -1.76. The van der Waals surface area contributed by atoms with E-state index in [1.165, 1.54) is 23.9 Å². The van der Waals surface area contributed by atoms with Crippen LogP contribution in [0, 0.1) is 0 Å². The maximum Gasteiger partial charge on any atom is 0.416 e. The van der Waals surface area contributed by atoms with Gasteiger partial charge in [0.1, 0.15) is 5.75 Å². The summed E-state index contributed by atoms with van der Waals surface area (Å²) >= 11 is 1.44. The van der Waals surface area contributed by atoms with Gasteiger partial charge in [-0.2, -0.15) is 18.3 Å². The lowest BCUT2D eigenvalue weighted by Gasteiger charge is -2.09. The summed E-state index contributed by atoms with van der Waals surface area (Å²) in [4.78, 5) is 0.817. The molecule has 0 radical (unpaired) electrons. The van der Waals surface area contributed by atoms with Gasteiger partial charge >= 0.3 is 6.18 Å². The zero-order valence-electron chi connectivity index (χ0n) is 9.81. The molecule has 2 rings (SSSR count). The Morgan fingerprint density at radius 3 is 2.68 bits per heavy atom. The minimum absolute atomic E-state index is 0.0716. The summed E-state index contributed by atoms with van der Waals surface area (Å²) in [5.74, 6) is 0.230. The number of nitrogens with zero attached hydrogens (tertiary/aromatic N) is 2. The standard InChI is InChI=1S/C12H9F3N2OS/c1-19-10-6-11(17-16-7-10)18-9-4-2-3-8(5-9)12(13,14)15/h2-7H,1H3. The molecule has 19 heavy (non-hydrogen) atoms. The van der Waals surface area contributed by atoms with Crippen LogP contribution in [-0.2, 0) is 6.18 Å². The molecule has 0 aliphatic heterocycles. The predicted molar refractivity (Wildman–Crippen MR) is 65.3 cm³/mol. The molecule has 0 unspecified atom stereocenters. The second-order valence-corrected chi connectivity index (χ2v) is 4.44. The van der Waals surface area contributed by atoms with Crippen LogP contribution in [0.1, 0.15) is 5.56 Å². The van der Waals surface area contributed by atoms with Crippen molar-refractivity contribution in [3.05, 3.63) is 42.1 Å². The van der Waals surface area contributed by atoms with E-state index in [0.29, 0.717) is 0 Å². The quantitative estimate of drug-likeness (QED) is 0.799. The molecular formula is C12H9F3N2OS. The number of hydrogen-bond acceptors (Lipinski definition) is 4. The number of ether oxygens (including phenoxy) is 1. The summed E-state index contributed by atoms with van der Waals surface area (Å²) in [6.07, 6.45) is -0.999. The zero-order chi connectivity index (χ0) is 13.9. The van der Waals surface area contributed by atoms with Gasteiger partial charge in [-0.25, -0.2) is 0 Å². The molecule has 0 spiro atoms. The van der Waals surface area contributed by atoms with E-state index in [9.17, 15) is 13.2 Å². The van der Waals surface area contributed by atoms with Crippen molar-refractivity contribution in [2.75, 3.05) is 6.26 Å². The Labute approximate surface area is 111 Å². The third-order valence-electron chi connectivity index (χ3n) is 2.23. The van der Waals surface area contributed by atoms with Crippen LogP contribution in [0.5, 0.6) is 11.6 Å². The summed E-state index contributed by atoms with van der Waals surface area (Å²) < 4.78 is 42.9. The first-order valence-corrected chi connectivity index (χ1v) is 6.43. The molecule has 0 fully saturated rings. The first-order valence-electron chi connectivity index (χ1n) is 5.21. The number of alkyl halides is 3. The third kappa shape index (κ3) is 3.60. The van der Waals surface area contributed by atoms with E-state index in [1.54, 1.807) is 12.3 Å².